The van der Waals surface area contributed by atoms with Crippen molar-refractivity contribution in [1.82, 2.24) is 15.3 Å². The van der Waals surface area contributed by atoms with E-state index in [-0.39, 0.29) is 23.5 Å². The van der Waals surface area contributed by atoms with Gasteiger partial charge in [-0.2, -0.15) is 0 Å². The van der Waals surface area contributed by atoms with Gasteiger partial charge >= 0.3 is 0 Å². The lowest BCUT2D eigenvalue weighted by Gasteiger charge is -2.14. The number of nitrogens with one attached hydrogen (secondary N) is 1. The van der Waals surface area contributed by atoms with Crippen LogP contribution in [0, 0.1) is 5.82 Å². The fourth-order valence-electron chi connectivity index (χ4n) is 2.90. The largest absolute Gasteiger partial charge is 0.349 e. The quantitative estimate of drug-likeness (QED) is 0.382. The first-order valence-corrected chi connectivity index (χ1v) is 10.2. The molecule has 4 nitrogen and oxygen atoms in total. The van der Waals surface area contributed by atoms with Gasteiger partial charge in [-0.3, -0.25) is 4.79 Å². The van der Waals surface area contributed by atoms with Crippen molar-refractivity contribution in [3.63, 3.8) is 0 Å². The summed E-state index contributed by atoms with van der Waals surface area (Å²) in [6.07, 6.45) is 1.42. The van der Waals surface area contributed by atoms with Crippen LogP contribution in [0.4, 0.5) is 4.39 Å². The lowest BCUT2D eigenvalue weighted by atomic mass is 10.1. The van der Waals surface area contributed by atoms with E-state index in [0.717, 1.165) is 15.0 Å². The van der Waals surface area contributed by atoms with Crippen molar-refractivity contribution in [2.45, 2.75) is 18.0 Å². The molecular weight excluding hydrogens is 381 g/mol. The second-order valence-electron chi connectivity index (χ2n) is 6.06. The van der Waals surface area contributed by atoms with Crippen LogP contribution in [0.5, 0.6) is 0 Å². The molecule has 1 N–H and O–H groups in total. The number of hydrogen-bond acceptors (Lipinski definition) is 5. The van der Waals surface area contributed by atoms with Crippen LogP contribution in [0.2, 0.25) is 0 Å². The predicted molar refractivity (Wildman–Crippen MR) is 109 cm³/mol. The van der Waals surface area contributed by atoms with Gasteiger partial charge in [0.1, 0.15) is 17.2 Å². The smallest absolute Gasteiger partial charge is 0.230 e. The minimum Gasteiger partial charge on any atom is -0.349 e. The maximum absolute atomic E-state index is 14.2. The molecule has 1 atom stereocenters. The lowest BCUT2D eigenvalue weighted by Crippen LogP contribution is -2.28. The third kappa shape index (κ3) is 3.65. The number of thioether (sulfide) groups is 1. The Morgan fingerprint density at radius 1 is 1.19 bits per heavy atom. The summed E-state index contributed by atoms with van der Waals surface area (Å²) in [7, 11) is 0. The SMILES string of the molecule is C[C@H](NC(=O)CSc1ncnc2c1sc1cccc(F)c12)c1ccccc1. The Kier molecular flexibility index (Phi) is 5.05. The van der Waals surface area contributed by atoms with Gasteiger partial charge in [-0.15, -0.1) is 11.3 Å². The van der Waals surface area contributed by atoms with Crippen molar-refractivity contribution >= 4 is 49.3 Å². The first kappa shape index (κ1) is 17.9. The summed E-state index contributed by atoms with van der Waals surface area (Å²) in [5, 5.41) is 4.21. The maximum atomic E-state index is 14.2. The lowest BCUT2D eigenvalue weighted by molar-refractivity contribution is -0.119. The first-order valence-electron chi connectivity index (χ1n) is 8.42. The first-order chi connectivity index (χ1) is 13.1. The Hall–Kier alpha value is -2.51. The van der Waals surface area contributed by atoms with Crippen molar-refractivity contribution in [2.24, 2.45) is 0 Å². The van der Waals surface area contributed by atoms with E-state index in [2.05, 4.69) is 15.3 Å². The molecule has 0 radical (unpaired) electrons. The van der Waals surface area contributed by atoms with Crippen LogP contribution in [0.3, 0.4) is 0 Å². The standard InChI is InChI=1S/C20H16FN3OS2/c1-12(13-6-3-2-4-7-13)24-16(25)10-26-20-19-18(22-11-23-20)17-14(21)8-5-9-15(17)27-19/h2-9,11-12H,10H2,1H3,(H,24,25)/t12-/m0/s1. The monoisotopic (exact) mass is 397 g/mol. The summed E-state index contributed by atoms with van der Waals surface area (Å²) in [5.74, 6) is -0.127. The van der Waals surface area contributed by atoms with Crippen molar-refractivity contribution in [2.75, 3.05) is 5.75 Å². The molecule has 2 aromatic heterocycles. The average Bonchev–Trinajstić information content (AvgIpc) is 3.07. The third-order valence-electron chi connectivity index (χ3n) is 4.21. The third-order valence-corrected chi connectivity index (χ3v) is 6.48. The van der Waals surface area contributed by atoms with Crippen molar-refractivity contribution in [3.05, 3.63) is 66.2 Å². The highest BCUT2D eigenvalue weighted by Gasteiger charge is 2.16. The van der Waals surface area contributed by atoms with E-state index in [1.54, 1.807) is 6.07 Å². The predicted octanol–water partition coefficient (Wildman–Crippen LogP) is 4.95. The number of benzene rings is 2. The van der Waals surface area contributed by atoms with E-state index in [9.17, 15) is 9.18 Å². The number of aromatic nitrogens is 2. The minimum atomic E-state index is -0.289. The van der Waals surface area contributed by atoms with Crippen molar-refractivity contribution in [3.8, 4) is 0 Å². The molecule has 4 aromatic rings. The van der Waals surface area contributed by atoms with Crippen LogP contribution in [0.15, 0.2) is 59.9 Å². The summed E-state index contributed by atoms with van der Waals surface area (Å²) in [6, 6.07) is 14.7. The number of halogens is 1. The molecule has 2 aromatic carbocycles. The molecule has 0 fully saturated rings. The summed E-state index contributed by atoms with van der Waals surface area (Å²) in [4.78, 5) is 20.9. The van der Waals surface area contributed by atoms with Gasteiger partial charge in [-0.1, -0.05) is 48.2 Å². The van der Waals surface area contributed by atoms with Crippen LogP contribution < -0.4 is 5.32 Å². The zero-order valence-corrected chi connectivity index (χ0v) is 16.1. The molecule has 1 amide bonds. The molecule has 0 spiro atoms. The van der Waals surface area contributed by atoms with Gasteiger partial charge < -0.3 is 5.32 Å². The molecule has 0 unspecified atom stereocenters. The molecule has 27 heavy (non-hydrogen) atoms. The Balaban J connectivity index is 1.51. The molecule has 4 rings (SSSR count). The highest BCUT2D eigenvalue weighted by atomic mass is 32.2. The number of rotatable bonds is 5. The molecule has 0 bridgehead atoms. The molecule has 0 aliphatic carbocycles. The Morgan fingerprint density at radius 3 is 2.81 bits per heavy atom. The van der Waals surface area contributed by atoms with E-state index in [4.69, 9.17) is 0 Å². The number of hydrogen-bond donors (Lipinski definition) is 1. The van der Waals surface area contributed by atoms with E-state index in [1.165, 1.54) is 35.5 Å². The number of amides is 1. The zero-order chi connectivity index (χ0) is 18.8. The van der Waals surface area contributed by atoms with Gasteiger partial charge in [-0.05, 0) is 24.6 Å². The zero-order valence-electron chi connectivity index (χ0n) is 14.5. The van der Waals surface area contributed by atoms with Crippen LogP contribution in [0.25, 0.3) is 20.3 Å². The van der Waals surface area contributed by atoms with Gasteiger partial charge in [-0.25, -0.2) is 14.4 Å². The van der Waals surface area contributed by atoms with Crippen LogP contribution in [0.1, 0.15) is 18.5 Å². The topological polar surface area (TPSA) is 54.9 Å². The van der Waals surface area contributed by atoms with Crippen LogP contribution in [-0.4, -0.2) is 21.6 Å². The Labute approximate surface area is 163 Å². The summed E-state index contributed by atoms with van der Waals surface area (Å²) < 4.78 is 15.8. The van der Waals surface area contributed by atoms with Gasteiger partial charge in [0.15, 0.2) is 0 Å². The van der Waals surface area contributed by atoms with E-state index < -0.39 is 0 Å². The highest BCUT2D eigenvalue weighted by Crippen LogP contribution is 2.38. The number of fused-ring (bicyclic) bond motifs is 3. The summed E-state index contributed by atoms with van der Waals surface area (Å²) in [6.45, 7) is 1.95. The molecule has 136 valence electrons. The van der Waals surface area contributed by atoms with Gasteiger partial charge in [0.2, 0.25) is 5.91 Å². The number of carbonyl (C=O) groups excluding carboxylic acids is 1. The fourth-order valence-corrected chi connectivity index (χ4v) is 4.96. The molecule has 0 aliphatic rings. The van der Waals surface area contributed by atoms with E-state index >= 15 is 0 Å². The van der Waals surface area contributed by atoms with Crippen LogP contribution >= 0.6 is 23.1 Å². The molecular formula is C20H16FN3OS2. The van der Waals surface area contributed by atoms with Gasteiger partial charge in [0.25, 0.3) is 0 Å². The summed E-state index contributed by atoms with van der Waals surface area (Å²) >= 11 is 2.79. The second kappa shape index (κ2) is 7.62. The van der Waals surface area contributed by atoms with E-state index in [1.807, 2.05) is 43.3 Å². The Morgan fingerprint density at radius 2 is 2.00 bits per heavy atom. The molecule has 7 heteroatoms. The fraction of sp³-hybridized carbons (Fsp3) is 0.150. The maximum Gasteiger partial charge on any atom is 0.230 e. The minimum absolute atomic E-state index is 0.0665. The average molecular weight is 398 g/mol. The second-order valence-corrected chi connectivity index (χ2v) is 8.08. The molecule has 0 aliphatic heterocycles. The molecule has 2 heterocycles. The number of thiophene rings is 1. The van der Waals surface area contributed by atoms with Crippen molar-refractivity contribution in [1.29, 1.82) is 0 Å². The van der Waals surface area contributed by atoms with E-state index in [0.29, 0.717) is 15.9 Å². The van der Waals surface area contributed by atoms with Crippen molar-refractivity contribution < 1.29 is 9.18 Å². The molecule has 0 saturated heterocycles. The molecule has 0 saturated carbocycles. The van der Waals surface area contributed by atoms with Gasteiger partial charge in [0.05, 0.1) is 27.4 Å². The number of carbonyl (C=O) groups is 1. The van der Waals surface area contributed by atoms with Crippen LogP contribution in [-0.2, 0) is 4.79 Å². The number of nitrogens with zero attached hydrogens (tertiary/aromatic N) is 2. The normalized spacial score (nSPS) is 12.4. The summed E-state index contributed by atoms with van der Waals surface area (Å²) in [5.41, 5.74) is 1.66. The highest BCUT2D eigenvalue weighted by molar-refractivity contribution is 8.00. The Bertz CT molecular complexity index is 1110. The van der Waals surface area contributed by atoms with Gasteiger partial charge in [0, 0.05) is 4.70 Å².